The van der Waals surface area contributed by atoms with E-state index >= 15 is 0 Å². The summed E-state index contributed by atoms with van der Waals surface area (Å²) in [7, 11) is 3.16. The number of ether oxygens (including phenoxy) is 7. The molecule has 3 fully saturated rings. The molecule has 2 heterocycles. The molecular formula is C53H63F2NO21. The molecule has 0 radical (unpaired) electrons. The largest absolute Gasteiger partial charge is 0.497 e. The van der Waals surface area contributed by atoms with Crippen molar-refractivity contribution in [3.63, 3.8) is 0 Å². The van der Waals surface area contributed by atoms with Gasteiger partial charge in [-0.25, -0.2) is 8.78 Å². The maximum absolute atomic E-state index is 14.8. The van der Waals surface area contributed by atoms with Gasteiger partial charge in [-0.15, -0.1) is 0 Å². The molecule has 77 heavy (non-hydrogen) atoms. The molecule has 0 amide bonds. The standard InChI is InChI=1S/C21H24F2O6.C20H24O7.C12H15NO8/c1-28-14-8-6-12(7-9-14)10-13-4-2-3-5-16(13)29-20-19(27)18(26)17(25)15(11-24)21(20,22)23;1-25-14-8-6-12(7-9-14)10-13-4-2-3-5-15(13)26-20-19(24)18(23)17(22)16(11-21)27-20;14-5-8-9(15)10(16)11(17)12(21-8)20-7-3-1-6(2-4-7)13(18)19/h2-9,15,17-20,24-27H,10-11H2,1H3;2-9,16-24H,10-11H2,1H3;1-4,8-12,14-17H,5H2/t15-,17-,18+,19-,20+;16-,17-,18+,19-,20-;8-,9-,10+,11-,12-/m111/s1. The molecule has 3 aliphatic rings. The van der Waals surface area contributed by atoms with Gasteiger partial charge in [-0.3, -0.25) is 10.1 Å². The van der Waals surface area contributed by atoms with Crippen LogP contribution in [0, 0.1) is 16.0 Å². The molecule has 1 aliphatic carbocycles. The summed E-state index contributed by atoms with van der Waals surface area (Å²) in [6.45, 7) is -2.13. The Bertz CT molecular complexity index is 2600. The maximum atomic E-state index is 14.8. The molecule has 420 valence electrons. The van der Waals surface area contributed by atoms with E-state index in [1.807, 2.05) is 48.5 Å². The van der Waals surface area contributed by atoms with Crippen molar-refractivity contribution < 1.29 is 108 Å². The van der Waals surface area contributed by atoms with Crippen molar-refractivity contribution in [2.75, 3.05) is 34.0 Å². The highest BCUT2D eigenvalue weighted by molar-refractivity contribution is 5.41. The van der Waals surface area contributed by atoms with Gasteiger partial charge in [0.25, 0.3) is 11.6 Å². The van der Waals surface area contributed by atoms with Crippen LogP contribution in [0.25, 0.3) is 0 Å². The molecular weight excluding hydrogens is 1020 g/mol. The third kappa shape index (κ3) is 14.7. The van der Waals surface area contributed by atoms with E-state index in [4.69, 9.17) is 38.3 Å². The van der Waals surface area contributed by atoms with Gasteiger partial charge in [-0.05, 0) is 70.8 Å². The first-order chi connectivity index (χ1) is 36.8. The van der Waals surface area contributed by atoms with Crippen molar-refractivity contribution in [2.24, 2.45) is 5.92 Å². The topological polar surface area (TPSA) is 351 Å². The van der Waals surface area contributed by atoms with Crippen LogP contribution < -0.4 is 23.7 Å². The van der Waals surface area contributed by atoms with Gasteiger partial charge >= 0.3 is 0 Å². The molecule has 8 rings (SSSR count). The normalized spacial score (nSPS) is 29.5. The van der Waals surface area contributed by atoms with Gasteiger partial charge in [0.15, 0.2) is 6.10 Å². The Hall–Kier alpha value is -6.20. The number of benzene rings is 5. The quantitative estimate of drug-likeness (QED) is 0.0476. The fourth-order valence-corrected chi connectivity index (χ4v) is 8.49. The number of methoxy groups -OCH3 is 2. The minimum Gasteiger partial charge on any atom is -0.497 e. The van der Waals surface area contributed by atoms with Gasteiger partial charge < -0.3 is 94.4 Å². The van der Waals surface area contributed by atoms with Crippen molar-refractivity contribution in [1.29, 1.82) is 0 Å². The summed E-state index contributed by atoms with van der Waals surface area (Å²) in [6, 6.07) is 33.7. The maximum Gasteiger partial charge on any atom is 0.294 e. The second-order valence-electron chi connectivity index (χ2n) is 18.1. The number of halogens is 2. The number of aliphatic hydroxyl groups excluding tert-OH is 12. The molecule has 0 spiro atoms. The van der Waals surface area contributed by atoms with Gasteiger partial charge in [-0.2, -0.15) is 0 Å². The molecule has 5 aromatic carbocycles. The summed E-state index contributed by atoms with van der Waals surface area (Å²) in [4.78, 5) is 9.95. The Morgan fingerprint density at radius 1 is 0.494 bits per heavy atom. The lowest BCUT2D eigenvalue weighted by Crippen LogP contribution is -2.67. The van der Waals surface area contributed by atoms with E-state index in [1.54, 1.807) is 56.7 Å². The van der Waals surface area contributed by atoms with Crippen LogP contribution in [0.1, 0.15) is 22.3 Å². The van der Waals surface area contributed by atoms with Crippen molar-refractivity contribution in [3.8, 4) is 28.7 Å². The van der Waals surface area contributed by atoms with Gasteiger partial charge in [-0.1, -0.05) is 60.7 Å². The molecule has 0 unspecified atom stereocenters. The smallest absolute Gasteiger partial charge is 0.294 e. The highest BCUT2D eigenvalue weighted by Crippen LogP contribution is 2.42. The van der Waals surface area contributed by atoms with E-state index in [2.05, 4.69) is 0 Å². The second-order valence-corrected chi connectivity index (χ2v) is 18.1. The van der Waals surface area contributed by atoms with Crippen LogP contribution in [0.4, 0.5) is 14.5 Å². The van der Waals surface area contributed by atoms with Crippen molar-refractivity contribution in [2.45, 2.75) is 105 Å². The number of alkyl halides is 2. The first kappa shape index (κ1) is 60.0. The average Bonchev–Trinajstić information content (AvgIpc) is 3.45. The zero-order valence-corrected chi connectivity index (χ0v) is 41.5. The highest BCUT2D eigenvalue weighted by Gasteiger charge is 2.62. The van der Waals surface area contributed by atoms with Crippen LogP contribution in [-0.4, -0.2) is 192 Å². The highest BCUT2D eigenvalue weighted by atomic mass is 19.3. The van der Waals surface area contributed by atoms with E-state index in [0.29, 0.717) is 29.9 Å². The Balaban J connectivity index is 0.000000190. The van der Waals surface area contributed by atoms with E-state index in [-0.39, 0.29) is 17.2 Å². The predicted octanol–water partition coefficient (Wildman–Crippen LogP) is 0.612. The molecule has 0 bridgehead atoms. The Labute approximate surface area is 439 Å². The predicted molar refractivity (Wildman–Crippen MR) is 264 cm³/mol. The van der Waals surface area contributed by atoms with Gasteiger partial charge in [0, 0.05) is 25.0 Å². The molecule has 22 nitrogen and oxygen atoms in total. The number of nitro benzene ring substituents is 1. The lowest BCUT2D eigenvalue weighted by atomic mass is 9.78. The lowest BCUT2D eigenvalue weighted by molar-refractivity contribution is -0.384. The summed E-state index contributed by atoms with van der Waals surface area (Å²) in [6.07, 6.45) is -20.5. The zero-order chi connectivity index (χ0) is 56.1. The fourth-order valence-electron chi connectivity index (χ4n) is 8.49. The number of nitrogens with zero attached hydrogens (tertiary/aromatic N) is 1. The Morgan fingerprint density at radius 3 is 1.31 bits per heavy atom. The monoisotopic (exact) mass is 1090 g/mol. The van der Waals surface area contributed by atoms with E-state index in [9.17, 15) is 75.1 Å². The van der Waals surface area contributed by atoms with E-state index < -0.39 is 122 Å². The number of hydrogen-bond donors (Lipinski definition) is 12. The molecule has 0 aromatic heterocycles. The van der Waals surface area contributed by atoms with Crippen LogP contribution in [0.2, 0.25) is 0 Å². The molecule has 1 saturated carbocycles. The van der Waals surface area contributed by atoms with Crippen molar-refractivity contribution >= 4 is 5.69 Å². The molecule has 5 aromatic rings. The number of non-ortho nitro benzene ring substituents is 1. The van der Waals surface area contributed by atoms with Gasteiger partial charge in [0.1, 0.15) is 89.8 Å². The Morgan fingerprint density at radius 2 is 0.896 bits per heavy atom. The SMILES string of the molecule is COc1ccc(Cc2ccccc2O[C@@H]2O[C@H](CO)[C@@H](O)[C@H](O)[C@H]2O)cc1.COc1ccc(Cc2ccccc2O[C@H]2[C@H](O)[C@@H](O)[C@H](O)[C@@H](CO)C2(F)F)cc1.O=[N+]([O-])c1ccc(O[C@@H]2O[C@H](CO)[C@@H](O)[C@H](O)[C@H]2O)cc1. The van der Waals surface area contributed by atoms with Crippen molar-refractivity contribution in [3.05, 3.63) is 154 Å². The number of nitro groups is 1. The number of hydrogen-bond acceptors (Lipinski definition) is 21. The molecule has 2 aliphatic heterocycles. The van der Waals surface area contributed by atoms with Crippen LogP contribution in [-0.2, 0) is 22.3 Å². The molecule has 15 atom stereocenters. The summed E-state index contributed by atoms with van der Waals surface area (Å²) in [5, 5.41) is 127. The second kappa shape index (κ2) is 27.4. The van der Waals surface area contributed by atoms with Crippen LogP contribution >= 0.6 is 0 Å². The van der Waals surface area contributed by atoms with E-state index in [1.165, 1.54) is 30.3 Å². The first-order valence-electron chi connectivity index (χ1n) is 24.1. The average molecular weight is 1090 g/mol. The van der Waals surface area contributed by atoms with Crippen LogP contribution in [0.3, 0.4) is 0 Å². The molecule has 24 heteroatoms. The molecule has 2 saturated heterocycles. The lowest BCUT2D eigenvalue weighted by Gasteiger charge is -2.45. The minimum atomic E-state index is -3.76. The summed E-state index contributed by atoms with van der Waals surface area (Å²) in [5.41, 5.74) is 3.26. The third-order valence-corrected chi connectivity index (χ3v) is 13.0. The first-order valence-corrected chi connectivity index (χ1v) is 24.1. The number of aliphatic hydroxyl groups is 12. The van der Waals surface area contributed by atoms with Crippen LogP contribution in [0.5, 0.6) is 28.7 Å². The summed E-state index contributed by atoms with van der Waals surface area (Å²) >= 11 is 0. The fraction of sp³-hybridized carbons (Fsp3) is 0.434. The van der Waals surface area contributed by atoms with Gasteiger partial charge in [0.2, 0.25) is 12.6 Å². The van der Waals surface area contributed by atoms with Crippen LogP contribution in [0.15, 0.2) is 121 Å². The van der Waals surface area contributed by atoms with Gasteiger partial charge in [0.05, 0.1) is 51.0 Å². The number of para-hydroxylation sites is 2. The third-order valence-electron chi connectivity index (χ3n) is 13.0. The minimum absolute atomic E-state index is 0.118. The zero-order valence-electron chi connectivity index (χ0n) is 41.5. The summed E-state index contributed by atoms with van der Waals surface area (Å²) < 4.78 is 67.0. The molecule has 12 N–H and O–H groups in total. The van der Waals surface area contributed by atoms with Crippen molar-refractivity contribution in [1.82, 2.24) is 0 Å². The Kier molecular flexibility index (Phi) is 21.4. The van der Waals surface area contributed by atoms with E-state index in [0.717, 1.165) is 22.4 Å². The summed E-state index contributed by atoms with van der Waals surface area (Å²) in [5.74, 6) is -3.50. The number of rotatable bonds is 16.